The van der Waals surface area contributed by atoms with Crippen molar-refractivity contribution in [2.24, 2.45) is 0 Å². The van der Waals surface area contributed by atoms with Gasteiger partial charge < -0.3 is 29.5 Å². The van der Waals surface area contributed by atoms with Crippen LogP contribution in [0.25, 0.3) is 11.1 Å². The summed E-state index contributed by atoms with van der Waals surface area (Å²) in [6.45, 7) is 4.80. The highest BCUT2D eigenvalue weighted by atomic mass is 32.2. The van der Waals surface area contributed by atoms with Crippen molar-refractivity contribution < 1.29 is 42.1 Å². The number of carbonyl (C=O) groups is 3. The number of amides is 2. The van der Waals surface area contributed by atoms with Crippen molar-refractivity contribution in [1.29, 1.82) is 0 Å². The number of nitrogens with one attached hydrogen (secondary N) is 1. The largest absolute Gasteiger partial charge is 0.496 e. The van der Waals surface area contributed by atoms with Crippen molar-refractivity contribution >= 4 is 27.8 Å². The third-order valence-electron chi connectivity index (χ3n) is 8.03. The average Bonchev–Trinajstić information content (AvgIpc) is 3.03. The van der Waals surface area contributed by atoms with Crippen LogP contribution in [0.4, 0.5) is 4.79 Å². The number of carbonyl (C=O) groups excluding carboxylic acids is 2. The van der Waals surface area contributed by atoms with Gasteiger partial charge in [0.25, 0.3) is 0 Å². The normalized spacial score (nSPS) is 17.3. The van der Waals surface area contributed by atoms with Gasteiger partial charge in [-0.3, -0.25) is 4.79 Å². The predicted octanol–water partition coefficient (Wildman–Crippen LogP) is 4.87. The number of carboxylic acid groups (broad SMARTS) is 1. The molecule has 3 aromatic rings. The number of benzene rings is 3. The van der Waals surface area contributed by atoms with E-state index in [4.69, 9.17) is 14.2 Å². The van der Waals surface area contributed by atoms with Crippen molar-refractivity contribution in [3.63, 3.8) is 0 Å². The lowest BCUT2D eigenvalue weighted by Crippen LogP contribution is -2.64. The van der Waals surface area contributed by atoms with Gasteiger partial charge in [-0.2, -0.15) is 0 Å². The van der Waals surface area contributed by atoms with Gasteiger partial charge in [0.1, 0.15) is 23.1 Å². The Bertz CT molecular complexity index is 1660. The van der Waals surface area contributed by atoms with E-state index in [-0.39, 0.29) is 25.8 Å². The Kier molecular flexibility index (Phi) is 10.9. The molecule has 1 unspecified atom stereocenters. The van der Waals surface area contributed by atoms with Crippen molar-refractivity contribution in [3.05, 3.63) is 83.9 Å². The van der Waals surface area contributed by atoms with Gasteiger partial charge in [0.2, 0.25) is 5.91 Å². The molecule has 0 aromatic heterocycles. The second-order valence-electron chi connectivity index (χ2n) is 12.5. The van der Waals surface area contributed by atoms with Gasteiger partial charge >= 0.3 is 12.1 Å². The topological polar surface area (TPSA) is 149 Å². The maximum absolute atomic E-state index is 14.2. The average molecular weight is 667 g/mol. The van der Waals surface area contributed by atoms with E-state index in [2.05, 4.69) is 5.32 Å². The van der Waals surface area contributed by atoms with Crippen LogP contribution in [0.1, 0.15) is 44.7 Å². The number of carboxylic acids is 1. The molecule has 12 heteroatoms. The number of hydrogen-bond donors (Lipinski definition) is 2. The Hall–Kier alpha value is -4.58. The van der Waals surface area contributed by atoms with E-state index in [1.165, 1.54) is 4.90 Å². The fourth-order valence-electron chi connectivity index (χ4n) is 5.69. The molecule has 1 saturated heterocycles. The highest BCUT2D eigenvalue weighted by Gasteiger charge is 2.54. The third kappa shape index (κ3) is 8.23. The van der Waals surface area contributed by atoms with Gasteiger partial charge in [-0.1, -0.05) is 60.7 Å². The van der Waals surface area contributed by atoms with Crippen LogP contribution in [0.3, 0.4) is 0 Å². The zero-order valence-corrected chi connectivity index (χ0v) is 28.1. The molecule has 3 aromatic carbocycles. The van der Waals surface area contributed by atoms with Gasteiger partial charge in [0.05, 0.1) is 32.1 Å². The molecule has 0 saturated carbocycles. The van der Waals surface area contributed by atoms with Crippen LogP contribution in [-0.2, 0) is 36.3 Å². The Balaban J connectivity index is 1.63. The highest BCUT2D eigenvalue weighted by Crippen LogP contribution is 2.38. The molecule has 4 rings (SSSR count). The summed E-state index contributed by atoms with van der Waals surface area (Å²) in [4.78, 5) is 40.9. The number of nitrogens with zero attached hydrogens (tertiary/aromatic N) is 1. The van der Waals surface area contributed by atoms with Crippen LogP contribution in [0.5, 0.6) is 11.5 Å². The SMILES string of the molecule is COc1cccc(OC)c1-c1ccc(C[C@H](NC(=O)C2(S(=O)(=O)Cc3ccccc3)CCCN(C(=O)OC(C)(C)C)C2)C(=O)O)cc1. The first kappa shape index (κ1) is 35.3. The molecule has 0 aliphatic carbocycles. The quantitative estimate of drug-likeness (QED) is 0.293. The fraction of sp³-hybridized carbons (Fsp3) is 0.400. The van der Waals surface area contributed by atoms with Crippen molar-refractivity contribution in [1.82, 2.24) is 10.2 Å². The van der Waals surface area contributed by atoms with Crippen molar-refractivity contribution in [3.8, 4) is 22.6 Å². The first-order valence-corrected chi connectivity index (χ1v) is 16.9. The molecule has 47 heavy (non-hydrogen) atoms. The molecule has 2 N–H and O–H groups in total. The van der Waals surface area contributed by atoms with E-state index >= 15 is 0 Å². The first-order valence-electron chi connectivity index (χ1n) is 15.3. The van der Waals surface area contributed by atoms with Crippen LogP contribution in [-0.4, -0.2) is 80.1 Å². The van der Waals surface area contributed by atoms with Crippen LogP contribution in [0.15, 0.2) is 72.8 Å². The van der Waals surface area contributed by atoms with E-state index in [1.807, 2.05) is 6.07 Å². The lowest BCUT2D eigenvalue weighted by molar-refractivity contribution is -0.142. The number of likely N-dealkylation sites (tertiary alicyclic amines) is 1. The Morgan fingerprint density at radius 2 is 1.53 bits per heavy atom. The fourth-order valence-corrected chi connectivity index (χ4v) is 7.74. The van der Waals surface area contributed by atoms with Crippen molar-refractivity contribution in [2.45, 2.75) is 62.2 Å². The summed E-state index contributed by atoms with van der Waals surface area (Å²) >= 11 is 0. The van der Waals surface area contributed by atoms with Gasteiger partial charge in [-0.25, -0.2) is 18.0 Å². The third-order valence-corrected chi connectivity index (χ3v) is 10.5. The molecule has 0 radical (unpaired) electrons. The molecule has 1 aliphatic rings. The second kappa shape index (κ2) is 14.5. The van der Waals surface area contributed by atoms with E-state index in [0.717, 1.165) is 11.1 Å². The summed E-state index contributed by atoms with van der Waals surface area (Å²) in [5.74, 6) is -1.56. The summed E-state index contributed by atoms with van der Waals surface area (Å²) < 4.78 is 42.7. The molecule has 2 amide bonds. The Labute approximate surface area is 275 Å². The second-order valence-corrected chi connectivity index (χ2v) is 14.8. The highest BCUT2D eigenvalue weighted by molar-refractivity contribution is 7.92. The van der Waals surface area contributed by atoms with Gasteiger partial charge in [0, 0.05) is 13.0 Å². The van der Waals surface area contributed by atoms with Gasteiger partial charge in [0.15, 0.2) is 14.6 Å². The molecular weight excluding hydrogens is 624 g/mol. The zero-order valence-electron chi connectivity index (χ0n) is 27.3. The molecule has 0 spiro atoms. The predicted molar refractivity (Wildman–Crippen MR) is 177 cm³/mol. The molecule has 252 valence electrons. The molecule has 1 fully saturated rings. The maximum atomic E-state index is 14.2. The lowest BCUT2D eigenvalue weighted by Gasteiger charge is -2.41. The minimum Gasteiger partial charge on any atom is -0.496 e. The standard InChI is InChI=1S/C35H42N2O9S/c1-34(2,3)46-33(41)37-20-10-19-35(23-37,47(42,43)22-25-11-7-6-8-12-25)32(40)36-27(31(38)39)21-24-15-17-26(18-16-24)30-28(44-4)13-9-14-29(30)45-5/h6-9,11-18,27H,10,19-23H2,1-5H3,(H,36,40)(H,38,39)/t27-,35?/m0/s1. The van der Waals surface area contributed by atoms with E-state index < -0.39 is 56.5 Å². The number of aliphatic carboxylic acids is 1. The molecule has 1 heterocycles. The minimum absolute atomic E-state index is 0.0882. The first-order chi connectivity index (χ1) is 22.2. The molecular formula is C35H42N2O9S. The summed E-state index contributed by atoms with van der Waals surface area (Å²) in [5.41, 5.74) is 1.72. The summed E-state index contributed by atoms with van der Waals surface area (Å²) in [7, 11) is -1.17. The van der Waals surface area contributed by atoms with E-state index in [1.54, 1.807) is 102 Å². The van der Waals surface area contributed by atoms with Crippen molar-refractivity contribution in [2.75, 3.05) is 27.3 Å². The van der Waals surface area contributed by atoms with Crippen LogP contribution in [0, 0.1) is 0 Å². The number of ether oxygens (including phenoxy) is 3. The summed E-state index contributed by atoms with van der Waals surface area (Å²) in [5, 5.41) is 12.7. The Morgan fingerprint density at radius 1 is 0.915 bits per heavy atom. The van der Waals surface area contributed by atoms with E-state index in [9.17, 15) is 27.9 Å². The monoisotopic (exact) mass is 666 g/mol. The molecule has 0 bridgehead atoms. The van der Waals surface area contributed by atoms with Crippen LogP contribution >= 0.6 is 0 Å². The lowest BCUT2D eigenvalue weighted by atomic mass is 9.94. The number of piperidine rings is 1. The van der Waals surface area contributed by atoms with Gasteiger partial charge in [-0.05, 0) is 62.4 Å². The zero-order chi connectivity index (χ0) is 34.4. The number of methoxy groups -OCH3 is 2. The molecule has 1 aliphatic heterocycles. The maximum Gasteiger partial charge on any atom is 0.410 e. The van der Waals surface area contributed by atoms with Gasteiger partial charge in [-0.15, -0.1) is 0 Å². The molecule has 2 atom stereocenters. The Morgan fingerprint density at radius 3 is 2.09 bits per heavy atom. The number of sulfone groups is 1. The number of rotatable bonds is 11. The van der Waals surface area contributed by atoms with E-state index in [0.29, 0.717) is 22.6 Å². The van der Waals surface area contributed by atoms with Crippen LogP contribution < -0.4 is 14.8 Å². The van der Waals surface area contributed by atoms with Crippen LogP contribution in [0.2, 0.25) is 0 Å². The number of hydrogen-bond acceptors (Lipinski definition) is 8. The minimum atomic E-state index is -4.28. The molecule has 11 nitrogen and oxygen atoms in total. The summed E-state index contributed by atoms with van der Waals surface area (Å²) in [6, 6.07) is 19.4. The summed E-state index contributed by atoms with van der Waals surface area (Å²) in [6.07, 6.45) is -0.748. The smallest absolute Gasteiger partial charge is 0.410 e.